The summed E-state index contributed by atoms with van der Waals surface area (Å²) in [5, 5.41) is 14.8. The number of aromatic amines is 1. The van der Waals surface area contributed by atoms with E-state index in [4.69, 9.17) is 14.4 Å². The first-order valence-electron chi connectivity index (χ1n) is 23.1. The number of nitrogens with one attached hydrogen (secondary N) is 1. The fourth-order valence-corrected chi connectivity index (χ4v) is 11.9. The van der Waals surface area contributed by atoms with E-state index in [1.165, 1.54) is 27.1 Å². The Kier molecular flexibility index (Phi) is 9.03. The van der Waals surface area contributed by atoms with Gasteiger partial charge in [-0.05, 0) is 144 Å². The first-order chi connectivity index (χ1) is 32.1. The SMILES string of the molecule is Cc1cc(-n2nc3c(c2-n2ccn(-c4ccc5c(cnn5C)c4F)c2=O)[C@@H]2CC[C@H](CC3)N2C(=O)c2cc3cc([C@H]4CCOC(C)(C)C4)ccc3n2[C@@]2(c3noc(=O)[nH]3)C[C@@H]2C)cc(C)c1F. The molecule has 344 valence electrons. The number of imidazole rings is 1. The molecule has 12 rings (SSSR count). The second kappa shape index (κ2) is 14.6. The number of rotatable bonds is 7. The van der Waals surface area contributed by atoms with Crippen LogP contribution in [0.3, 0.4) is 0 Å². The number of hydrogen-bond donors (Lipinski definition) is 1. The van der Waals surface area contributed by atoms with Crippen LogP contribution in [-0.2, 0) is 23.7 Å². The van der Waals surface area contributed by atoms with Crippen molar-refractivity contribution in [1.29, 1.82) is 0 Å². The average molecular weight is 909 g/mol. The fourth-order valence-electron chi connectivity index (χ4n) is 11.9. The molecule has 0 spiro atoms. The van der Waals surface area contributed by atoms with E-state index >= 15 is 13.6 Å². The number of nitrogens with zero attached hydrogens (tertiary/aromatic N) is 9. The Morgan fingerprint density at radius 3 is 2.40 bits per heavy atom. The maximum Gasteiger partial charge on any atom is 0.438 e. The lowest BCUT2D eigenvalue weighted by atomic mass is 9.83. The molecule has 3 aromatic carbocycles. The van der Waals surface area contributed by atoms with Crippen molar-refractivity contribution in [2.45, 2.75) is 109 Å². The summed E-state index contributed by atoms with van der Waals surface area (Å²) in [6, 6.07) is 14.4. The zero-order valence-corrected chi connectivity index (χ0v) is 38.1. The zero-order valence-electron chi connectivity index (χ0n) is 38.1. The molecule has 4 aliphatic rings. The van der Waals surface area contributed by atoms with Gasteiger partial charge in [-0.1, -0.05) is 18.1 Å². The number of aromatic nitrogens is 9. The summed E-state index contributed by atoms with van der Waals surface area (Å²) in [5.74, 6) is -0.748. The number of benzene rings is 3. The predicted octanol–water partition coefficient (Wildman–Crippen LogP) is 7.97. The summed E-state index contributed by atoms with van der Waals surface area (Å²) in [6.07, 6.45) is 9.36. The molecule has 0 radical (unpaired) electrons. The monoisotopic (exact) mass is 908 g/mol. The first kappa shape index (κ1) is 41.5. The Bertz CT molecular complexity index is 3470. The highest BCUT2D eigenvalue weighted by Crippen LogP contribution is 2.56. The van der Waals surface area contributed by atoms with Crippen molar-refractivity contribution in [3.63, 3.8) is 0 Å². The predicted molar refractivity (Wildman–Crippen MR) is 244 cm³/mol. The lowest BCUT2D eigenvalue weighted by molar-refractivity contribution is -0.0592. The molecule has 2 bridgehead atoms. The number of fused-ring (bicyclic) bond motifs is 6. The molecule has 2 saturated heterocycles. The van der Waals surface area contributed by atoms with E-state index in [1.54, 1.807) is 60.7 Å². The van der Waals surface area contributed by atoms with Gasteiger partial charge in [-0.25, -0.2) is 23.1 Å². The Labute approximate surface area is 382 Å². The summed E-state index contributed by atoms with van der Waals surface area (Å²) in [5.41, 5.74) is 4.25. The summed E-state index contributed by atoms with van der Waals surface area (Å²) in [6.45, 7) is 10.4. The minimum atomic E-state index is -0.851. The van der Waals surface area contributed by atoms with Gasteiger partial charge in [0, 0.05) is 48.6 Å². The summed E-state index contributed by atoms with van der Waals surface area (Å²) in [4.78, 5) is 48.1. The van der Waals surface area contributed by atoms with Crippen molar-refractivity contribution in [3.05, 3.63) is 139 Å². The molecule has 15 nitrogen and oxygen atoms in total. The second-order valence-corrected chi connectivity index (χ2v) is 19.9. The minimum Gasteiger partial charge on any atom is -0.376 e. The summed E-state index contributed by atoms with van der Waals surface area (Å²) >= 11 is 0. The van der Waals surface area contributed by atoms with Crippen molar-refractivity contribution in [1.82, 2.24) is 48.3 Å². The van der Waals surface area contributed by atoms with Gasteiger partial charge in [0.1, 0.15) is 22.9 Å². The Hall–Kier alpha value is -6.88. The molecule has 5 atom stereocenters. The van der Waals surface area contributed by atoms with E-state index < -0.39 is 28.8 Å². The number of amides is 1. The molecule has 8 heterocycles. The topological polar surface area (TPSA) is 156 Å². The Balaban J connectivity index is 1.03. The number of hydrogen-bond acceptors (Lipinski definition) is 8. The quantitative estimate of drug-likeness (QED) is 0.169. The summed E-state index contributed by atoms with van der Waals surface area (Å²) < 4.78 is 50.7. The molecular formula is C50H50F2N10O5. The van der Waals surface area contributed by atoms with Crippen LogP contribution in [0.15, 0.2) is 81.2 Å². The largest absolute Gasteiger partial charge is 0.438 e. The molecule has 17 heteroatoms. The van der Waals surface area contributed by atoms with Crippen molar-refractivity contribution >= 4 is 27.7 Å². The molecule has 1 amide bonds. The number of carbonyl (C=O) groups is 1. The minimum absolute atomic E-state index is 0.00546. The zero-order chi connectivity index (χ0) is 46.4. The van der Waals surface area contributed by atoms with Crippen molar-refractivity contribution in [2.24, 2.45) is 13.0 Å². The van der Waals surface area contributed by atoms with Gasteiger partial charge < -0.3 is 14.2 Å². The smallest absolute Gasteiger partial charge is 0.376 e. The number of carbonyl (C=O) groups excluding carboxylic acids is 1. The van der Waals surface area contributed by atoms with Crippen molar-refractivity contribution in [3.8, 4) is 17.2 Å². The molecule has 3 aliphatic heterocycles. The maximum absolute atomic E-state index is 16.2. The molecule has 5 aromatic heterocycles. The van der Waals surface area contributed by atoms with Gasteiger partial charge in [0.05, 0.1) is 45.8 Å². The van der Waals surface area contributed by atoms with Crippen LogP contribution in [0.1, 0.15) is 116 Å². The molecule has 1 saturated carbocycles. The highest BCUT2D eigenvalue weighted by atomic mass is 19.1. The van der Waals surface area contributed by atoms with Crippen molar-refractivity contribution < 1.29 is 22.8 Å². The van der Waals surface area contributed by atoms with Crippen LogP contribution < -0.4 is 11.4 Å². The first-order valence-corrected chi connectivity index (χ1v) is 23.1. The van der Waals surface area contributed by atoms with Crippen LogP contribution in [0, 0.1) is 31.4 Å². The molecular weight excluding hydrogens is 859 g/mol. The van der Waals surface area contributed by atoms with E-state index in [0.29, 0.717) is 83.9 Å². The highest BCUT2D eigenvalue weighted by Gasteiger charge is 2.59. The van der Waals surface area contributed by atoms with Crippen LogP contribution in [0.5, 0.6) is 0 Å². The van der Waals surface area contributed by atoms with Crippen LogP contribution >= 0.6 is 0 Å². The number of H-pyrrole nitrogens is 1. The van der Waals surface area contributed by atoms with E-state index in [9.17, 15) is 9.59 Å². The van der Waals surface area contributed by atoms with Gasteiger partial charge in [0.2, 0.25) is 0 Å². The molecule has 3 fully saturated rings. The highest BCUT2D eigenvalue weighted by molar-refractivity contribution is 6.00. The third-order valence-electron chi connectivity index (χ3n) is 15.3. The van der Waals surface area contributed by atoms with Gasteiger partial charge in [0.15, 0.2) is 11.6 Å². The number of ether oxygens (including phenoxy) is 1. The van der Waals surface area contributed by atoms with Crippen LogP contribution in [0.4, 0.5) is 8.78 Å². The number of aryl methyl sites for hydroxylation is 4. The van der Waals surface area contributed by atoms with E-state index in [2.05, 4.69) is 58.8 Å². The van der Waals surface area contributed by atoms with Gasteiger partial charge in [-0.15, -0.1) is 0 Å². The van der Waals surface area contributed by atoms with E-state index in [-0.39, 0.29) is 46.3 Å². The van der Waals surface area contributed by atoms with E-state index in [0.717, 1.165) is 29.4 Å². The van der Waals surface area contributed by atoms with Gasteiger partial charge in [-0.2, -0.15) is 10.2 Å². The van der Waals surface area contributed by atoms with Crippen LogP contribution in [-0.4, -0.2) is 72.5 Å². The Morgan fingerprint density at radius 2 is 1.67 bits per heavy atom. The molecule has 67 heavy (non-hydrogen) atoms. The normalized spacial score (nSPS) is 23.3. The maximum atomic E-state index is 16.2. The Morgan fingerprint density at radius 1 is 0.910 bits per heavy atom. The second-order valence-electron chi connectivity index (χ2n) is 19.9. The summed E-state index contributed by atoms with van der Waals surface area (Å²) in [7, 11) is 1.73. The molecule has 0 unspecified atom stereocenters. The van der Waals surface area contributed by atoms with Gasteiger partial charge in [0.25, 0.3) is 5.91 Å². The molecule has 1 aliphatic carbocycles. The lowest BCUT2D eigenvalue weighted by Crippen LogP contribution is -2.39. The average Bonchev–Trinajstić information content (AvgIpc) is 4.00. The third-order valence-corrected chi connectivity index (χ3v) is 15.3. The molecule has 8 aromatic rings. The number of halogens is 2. The van der Waals surface area contributed by atoms with Crippen LogP contribution in [0.2, 0.25) is 0 Å². The van der Waals surface area contributed by atoms with Gasteiger partial charge >= 0.3 is 11.4 Å². The third kappa shape index (κ3) is 6.15. The lowest BCUT2D eigenvalue weighted by Gasteiger charge is -2.35. The fraction of sp³-hybridized carbons (Fsp3) is 0.400. The van der Waals surface area contributed by atoms with Gasteiger partial charge in [-0.3, -0.25) is 28.1 Å². The van der Waals surface area contributed by atoms with Crippen molar-refractivity contribution in [2.75, 3.05) is 6.61 Å². The van der Waals surface area contributed by atoms with Crippen LogP contribution in [0.25, 0.3) is 39.0 Å². The standard InChI is InChI=1S/C50H50F2N10O5/c1-26-19-33(20-27(2)42(26)51)62-44(59-17-16-58(48(59)65)39-14-13-37-34(43(39)52)25-53-57(37)6)41-35(55-62)10-8-32-9-12-38(41)60(32)45(63)40-22-31-21-29(30-15-18-66-49(4,5)24-30)7-11-36(31)61(40)50(23-28(50)3)46-54-47(64)67-56-46/h7,11,13-14,16-17,19-22,25,28,30,32,38H,8-10,12,15,18,23-24H2,1-6H3,(H,54,56,64)/t28-,30-,32-,38-,50-/m0/s1. The molecule has 1 N–H and O–H groups in total. The van der Waals surface area contributed by atoms with E-state index in [1.807, 2.05) is 11.0 Å².